The Hall–Kier alpha value is -4.35. The molecule has 0 fully saturated rings. The normalized spacial score (nSPS) is 11.3. The molecule has 1 atom stereocenters. The number of carbonyl (C=O) groups excluding carboxylic acids is 2. The van der Waals surface area contributed by atoms with E-state index in [4.69, 9.17) is 14.7 Å². The zero-order chi connectivity index (χ0) is 29.7. The Labute approximate surface area is 236 Å². The number of carbonyl (C=O) groups is 2. The van der Waals surface area contributed by atoms with E-state index in [1.165, 1.54) is 11.9 Å². The van der Waals surface area contributed by atoms with E-state index in [1.807, 2.05) is 11.9 Å². The monoisotopic (exact) mass is 549 g/mol. The SMILES string of the molecule is COCCN(C)c1nc(Nc2ccc(C#N)cc2)ncc1C#CCCCNC(=O)[C@H](C)N(C)C(=O)OC(C)(C)C. The molecule has 2 amide bonds. The Morgan fingerprint density at radius 1 is 1.18 bits per heavy atom. The third-order valence-electron chi connectivity index (χ3n) is 5.67. The van der Waals surface area contributed by atoms with Crippen molar-refractivity contribution in [3.63, 3.8) is 0 Å². The van der Waals surface area contributed by atoms with Crippen molar-refractivity contribution < 1.29 is 19.1 Å². The van der Waals surface area contributed by atoms with E-state index in [0.717, 1.165) is 5.69 Å². The summed E-state index contributed by atoms with van der Waals surface area (Å²) in [7, 11) is 5.09. The van der Waals surface area contributed by atoms with E-state index in [0.29, 0.717) is 55.4 Å². The van der Waals surface area contributed by atoms with Crippen LogP contribution in [0.4, 0.5) is 22.2 Å². The third-order valence-corrected chi connectivity index (χ3v) is 5.67. The van der Waals surface area contributed by atoms with E-state index in [-0.39, 0.29) is 5.91 Å². The molecule has 2 N–H and O–H groups in total. The summed E-state index contributed by atoms with van der Waals surface area (Å²) in [6, 6.07) is 8.45. The van der Waals surface area contributed by atoms with Crippen LogP contribution in [0.2, 0.25) is 0 Å². The van der Waals surface area contributed by atoms with Crippen LogP contribution in [0.5, 0.6) is 0 Å². The molecule has 0 spiro atoms. The van der Waals surface area contributed by atoms with Crippen LogP contribution < -0.4 is 15.5 Å². The van der Waals surface area contributed by atoms with E-state index < -0.39 is 17.7 Å². The summed E-state index contributed by atoms with van der Waals surface area (Å²) in [4.78, 5) is 36.9. The van der Waals surface area contributed by atoms with Gasteiger partial charge in [0, 0.05) is 46.4 Å². The van der Waals surface area contributed by atoms with Crippen LogP contribution in [-0.4, -0.2) is 79.4 Å². The lowest BCUT2D eigenvalue weighted by Crippen LogP contribution is -2.47. The highest BCUT2D eigenvalue weighted by molar-refractivity contribution is 5.85. The lowest BCUT2D eigenvalue weighted by atomic mass is 10.2. The Morgan fingerprint density at radius 2 is 1.88 bits per heavy atom. The van der Waals surface area contributed by atoms with Gasteiger partial charge >= 0.3 is 6.09 Å². The highest BCUT2D eigenvalue weighted by Crippen LogP contribution is 2.20. The minimum absolute atomic E-state index is 0.262. The summed E-state index contributed by atoms with van der Waals surface area (Å²) < 4.78 is 10.5. The molecule has 2 aromatic rings. The number of nitriles is 1. The molecule has 0 aliphatic heterocycles. The number of nitrogens with one attached hydrogen (secondary N) is 2. The highest BCUT2D eigenvalue weighted by Gasteiger charge is 2.26. The molecule has 214 valence electrons. The van der Waals surface area contributed by atoms with E-state index in [9.17, 15) is 9.59 Å². The van der Waals surface area contributed by atoms with Gasteiger partial charge in [0.15, 0.2) is 0 Å². The Bertz CT molecular complexity index is 1240. The molecule has 11 nitrogen and oxygen atoms in total. The number of rotatable bonds is 11. The summed E-state index contributed by atoms with van der Waals surface area (Å²) in [5, 5.41) is 15.0. The standard InChI is InChI=1S/C29H39N7O4/c1-21(36(6)28(38)40-29(2,3)4)26(37)31-16-10-8-9-11-23-20-32-27(34-25(23)35(5)17-18-39-7)33-24-14-12-22(19-30)13-15-24/h12-15,20-21H,8,10,16-18H2,1-7H3,(H,31,37)(H,32,33,34)/t21-/m0/s1. The fourth-order valence-corrected chi connectivity index (χ4v) is 3.27. The molecule has 0 radical (unpaired) electrons. The molecule has 40 heavy (non-hydrogen) atoms. The number of benzene rings is 1. The van der Waals surface area contributed by atoms with Crippen molar-refractivity contribution in [2.75, 3.05) is 51.1 Å². The van der Waals surface area contributed by atoms with Crippen molar-refractivity contribution in [3.8, 4) is 17.9 Å². The van der Waals surface area contributed by atoms with Gasteiger partial charge in [-0.2, -0.15) is 10.2 Å². The molecule has 11 heteroatoms. The predicted molar refractivity (Wildman–Crippen MR) is 154 cm³/mol. The van der Waals surface area contributed by atoms with E-state index in [1.54, 1.807) is 65.3 Å². The van der Waals surface area contributed by atoms with Crippen molar-refractivity contribution in [1.29, 1.82) is 5.26 Å². The van der Waals surface area contributed by atoms with Crippen LogP contribution in [0.3, 0.4) is 0 Å². The maximum Gasteiger partial charge on any atom is 0.410 e. The van der Waals surface area contributed by atoms with Gasteiger partial charge in [0.25, 0.3) is 0 Å². The Morgan fingerprint density at radius 3 is 2.50 bits per heavy atom. The molecule has 0 aliphatic carbocycles. The van der Waals surface area contributed by atoms with Crippen LogP contribution >= 0.6 is 0 Å². The molecule has 2 rings (SSSR count). The lowest BCUT2D eigenvalue weighted by Gasteiger charge is -2.28. The molecule has 0 bridgehead atoms. The number of hydrogen-bond donors (Lipinski definition) is 2. The van der Waals surface area contributed by atoms with Crippen molar-refractivity contribution in [1.82, 2.24) is 20.2 Å². The predicted octanol–water partition coefficient (Wildman–Crippen LogP) is 3.68. The molecular formula is C29H39N7O4. The maximum absolute atomic E-state index is 12.5. The first-order valence-electron chi connectivity index (χ1n) is 13.0. The first kappa shape index (κ1) is 31.9. The van der Waals surface area contributed by atoms with Gasteiger partial charge in [0.2, 0.25) is 11.9 Å². The largest absolute Gasteiger partial charge is 0.444 e. The van der Waals surface area contributed by atoms with Crippen molar-refractivity contribution >= 4 is 29.5 Å². The van der Waals surface area contributed by atoms with Gasteiger partial charge in [-0.1, -0.05) is 11.8 Å². The maximum atomic E-state index is 12.5. The number of amides is 2. The Balaban J connectivity index is 1.98. The van der Waals surface area contributed by atoms with E-state index in [2.05, 4.69) is 38.5 Å². The lowest BCUT2D eigenvalue weighted by molar-refractivity contribution is -0.125. The number of ether oxygens (including phenoxy) is 2. The fraction of sp³-hybridized carbons (Fsp3) is 0.483. The average Bonchev–Trinajstić information content (AvgIpc) is 2.92. The average molecular weight is 550 g/mol. The quantitative estimate of drug-likeness (QED) is 0.318. The molecule has 1 aromatic carbocycles. The van der Waals surface area contributed by atoms with Gasteiger partial charge in [-0.15, -0.1) is 0 Å². The molecule has 1 aromatic heterocycles. The topological polar surface area (TPSA) is 133 Å². The first-order chi connectivity index (χ1) is 18.9. The summed E-state index contributed by atoms with van der Waals surface area (Å²) in [6.45, 7) is 8.54. The van der Waals surface area contributed by atoms with Crippen molar-refractivity contribution in [3.05, 3.63) is 41.6 Å². The number of methoxy groups -OCH3 is 1. The van der Waals surface area contributed by atoms with Gasteiger partial charge in [0.05, 0.1) is 30.0 Å². The number of hydrogen-bond acceptors (Lipinski definition) is 9. The highest BCUT2D eigenvalue weighted by atomic mass is 16.6. The third kappa shape index (κ3) is 10.4. The van der Waals surface area contributed by atoms with Crippen LogP contribution in [0.1, 0.15) is 51.7 Å². The van der Waals surface area contributed by atoms with Gasteiger partial charge in [-0.3, -0.25) is 9.69 Å². The van der Waals surface area contributed by atoms with Crippen molar-refractivity contribution in [2.45, 2.75) is 52.2 Å². The number of nitrogens with zero attached hydrogens (tertiary/aromatic N) is 5. The van der Waals surface area contributed by atoms with Crippen molar-refractivity contribution in [2.24, 2.45) is 0 Å². The first-order valence-corrected chi connectivity index (χ1v) is 13.0. The minimum Gasteiger partial charge on any atom is -0.444 e. The molecule has 0 aliphatic rings. The smallest absolute Gasteiger partial charge is 0.410 e. The summed E-state index contributed by atoms with van der Waals surface area (Å²) in [5.41, 5.74) is 1.36. The van der Waals surface area contributed by atoms with Gasteiger partial charge in [0.1, 0.15) is 17.5 Å². The van der Waals surface area contributed by atoms with Gasteiger partial charge in [-0.25, -0.2) is 9.78 Å². The number of anilines is 3. The molecule has 0 saturated carbocycles. The van der Waals surface area contributed by atoms with Crippen LogP contribution in [-0.2, 0) is 14.3 Å². The number of unbranched alkanes of at least 4 members (excludes halogenated alkanes) is 1. The second kappa shape index (κ2) is 15.3. The van der Waals surface area contributed by atoms with Crippen LogP contribution in [0.15, 0.2) is 30.5 Å². The van der Waals surface area contributed by atoms with Gasteiger partial charge < -0.3 is 25.0 Å². The van der Waals surface area contributed by atoms with Crippen LogP contribution in [0.25, 0.3) is 0 Å². The number of likely N-dealkylation sites (N-methyl/N-ethyl adjacent to an activating group) is 2. The minimum atomic E-state index is -0.667. The molecular weight excluding hydrogens is 510 g/mol. The Kier molecular flexibility index (Phi) is 12.2. The molecule has 1 heterocycles. The van der Waals surface area contributed by atoms with Crippen LogP contribution in [0, 0.1) is 23.2 Å². The number of aromatic nitrogens is 2. The second-order valence-corrected chi connectivity index (χ2v) is 10.1. The summed E-state index contributed by atoms with van der Waals surface area (Å²) >= 11 is 0. The zero-order valence-corrected chi connectivity index (χ0v) is 24.4. The van der Waals surface area contributed by atoms with Gasteiger partial charge in [-0.05, 0) is 58.4 Å². The zero-order valence-electron chi connectivity index (χ0n) is 24.4. The summed E-state index contributed by atoms with van der Waals surface area (Å²) in [5.74, 6) is 7.07. The molecule has 0 saturated heterocycles. The summed E-state index contributed by atoms with van der Waals surface area (Å²) in [6.07, 6.45) is 2.30. The van der Waals surface area contributed by atoms with E-state index >= 15 is 0 Å². The fourth-order valence-electron chi connectivity index (χ4n) is 3.27. The second-order valence-electron chi connectivity index (χ2n) is 10.1. The molecule has 0 unspecified atom stereocenters.